The van der Waals surface area contributed by atoms with E-state index in [1.165, 1.54) is 12.8 Å². The minimum absolute atomic E-state index is 0.260. The van der Waals surface area contributed by atoms with Gasteiger partial charge in [-0.1, -0.05) is 35.7 Å². The Labute approximate surface area is 93.7 Å². The lowest BCUT2D eigenvalue weighted by atomic mass is 10.2. The van der Waals surface area contributed by atoms with E-state index in [1.807, 2.05) is 6.92 Å². The van der Waals surface area contributed by atoms with Gasteiger partial charge in [-0.05, 0) is 12.8 Å². The first-order valence-corrected chi connectivity index (χ1v) is 6.33. The average Bonchev–Trinajstić information content (AvgIpc) is 2.66. The van der Waals surface area contributed by atoms with Gasteiger partial charge in [0.15, 0.2) is 0 Å². The van der Waals surface area contributed by atoms with Crippen molar-refractivity contribution < 1.29 is 9.53 Å². The number of carbonyl (C=O) groups is 1. The van der Waals surface area contributed by atoms with Crippen LogP contribution < -0.4 is 5.32 Å². The third-order valence-electron chi connectivity index (χ3n) is 2.44. The average molecular weight is 264 g/mol. The van der Waals surface area contributed by atoms with E-state index >= 15 is 0 Å². The summed E-state index contributed by atoms with van der Waals surface area (Å²) in [6, 6.07) is 0.349. The van der Waals surface area contributed by atoms with Crippen LogP contribution in [0.1, 0.15) is 32.6 Å². The summed E-state index contributed by atoms with van der Waals surface area (Å²) in [4.78, 5) is 11.3. The highest BCUT2D eigenvalue weighted by Gasteiger charge is 2.17. The summed E-state index contributed by atoms with van der Waals surface area (Å²) in [6.45, 7) is 2.53. The van der Waals surface area contributed by atoms with Gasteiger partial charge in [0.2, 0.25) is 0 Å². The molecule has 0 aromatic rings. The first-order chi connectivity index (χ1) is 6.72. The Hall–Kier alpha value is -0.250. The normalized spacial score (nSPS) is 19.3. The van der Waals surface area contributed by atoms with Crippen molar-refractivity contribution in [2.45, 2.75) is 38.6 Å². The van der Waals surface area contributed by atoms with Gasteiger partial charge in [0, 0.05) is 17.3 Å². The zero-order chi connectivity index (χ0) is 10.4. The third kappa shape index (κ3) is 4.31. The predicted octanol–water partition coefficient (Wildman–Crippen LogP) is 2.69. The molecular weight excluding hydrogens is 246 g/mol. The number of amides is 1. The summed E-state index contributed by atoms with van der Waals surface area (Å²) in [5, 5.41) is 3.75. The van der Waals surface area contributed by atoms with Crippen molar-refractivity contribution in [1.82, 2.24) is 5.32 Å². The van der Waals surface area contributed by atoms with Crippen LogP contribution in [-0.2, 0) is 4.74 Å². The molecule has 1 atom stereocenters. The molecule has 4 heteroatoms. The van der Waals surface area contributed by atoms with Gasteiger partial charge < -0.3 is 10.1 Å². The van der Waals surface area contributed by atoms with Gasteiger partial charge in [0.25, 0.3) is 0 Å². The molecule has 1 N–H and O–H groups in total. The third-order valence-corrected chi connectivity index (χ3v) is 3.54. The SMILES string of the molecule is CC(CBr)COC(=O)NC1CCCC1. The zero-order valence-corrected chi connectivity index (χ0v) is 10.2. The quantitative estimate of drug-likeness (QED) is 0.793. The fourth-order valence-electron chi connectivity index (χ4n) is 1.54. The van der Waals surface area contributed by atoms with Crippen molar-refractivity contribution in [2.75, 3.05) is 11.9 Å². The predicted molar refractivity (Wildman–Crippen MR) is 59.7 cm³/mol. The van der Waals surface area contributed by atoms with Gasteiger partial charge >= 0.3 is 6.09 Å². The lowest BCUT2D eigenvalue weighted by Crippen LogP contribution is -2.34. The first kappa shape index (κ1) is 11.8. The monoisotopic (exact) mass is 263 g/mol. The van der Waals surface area contributed by atoms with E-state index in [1.54, 1.807) is 0 Å². The van der Waals surface area contributed by atoms with E-state index in [2.05, 4.69) is 21.2 Å². The molecule has 1 unspecified atom stereocenters. The molecule has 0 heterocycles. The second kappa shape index (κ2) is 6.27. The summed E-state index contributed by atoms with van der Waals surface area (Å²) in [7, 11) is 0. The molecule has 1 fully saturated rings. The Morgan fingerprint density at radius 1 is 1.57 bits per heavy atom. The molecule has 1 saturated carbocycles. The second-order valence-corrected chi connectivity index (χ2v) is 4.63. The lowest BCUT2D eigenvalue weighted by Gasteiger charge is -2.13. The van der Waals surface area contributed by atoms with Crippen molar-refractivity contribution in [3.8, 4) is 0 Å². The van der Waals surface area contributed by atoms with E-state index in [4.69, 9.17) is 4.74 Å². The van der Waals surface area contributed by atoms with Gasteiger partial charge in [-0.3, -0.25) is 0 Å². The molecule has 1 amide bonds. The van der Waals surface area contributed by atoms with Crippen molar-refractivity contribution in [3.05, 3.63) is 0 Å². The molecule has 0 aromatic carbocycles. The Morgan fingerprint density at radius 3 is 2.79 bits per heavy atom. The van der Waals surface area contributed by atoms with Crippen LogP contribution in [0, 0.1) is 5.92 Å². The highest BCUT2D eigenvalue weighted by Crippen LogP contribution is 2.17. The second-order valence-electron chi connectivity index (χ2n) is 3.98. The van der Waals surface area contributed by atoms with Crippen LogP contribution in [0.4, 0.5) is 4.79 Å². The molecule has 3 nitrogen and oxygen atoms in total. The van der Waals surface area contributed by atoms with Crippen LogP contribution >= 0.6 is 15.9 Å². The number of hydrogen-bond acceptors (Lipinski definition) is 2. The van der Waals surface area contributed by atoms with Crippen molar-refractivity contribution in [3.63, 3.8) is 0 Å². The smallest absolute Gasteiger partial charge is 0.407 e. The van der Waals surface area contributed by atoms with E-state index < -0.39 is 0 Å². The molecule has 1 rings (SSSR count). The van der Waals surface area contributed by atoms with E-state index in [0.29, 0.717) is 18.6 Å². The van der Waals surface area contributed by atoms with Crippen LogP contribution in [0.25, 0.3) is 0 Å². The van der Waals surface area contributed by atoms with Gasteiger partial charge in [-0.2, -0.15) is 0 Å². The number of nitrogens with one attached hydrogen (secondary N) is 1. The number of rotatable bonds is 4. The van der Waals surface area contributed by atoms with Crippen molar-refractivity contribution >= 4 is 22.0 Å². The van der Waals surface area contributed by atoms with Gasteiger partial charge in [0.1, 0.15) is 0 Å². The van der Waals surface area contributed by atoms with Gasteiger partial charge in [-0.15, -0.1) is 0 Å². The topological polar surface area (TPSA) is 38.3 Å². The standard InChI is InChI=1S/C10H18BrNO2/c1-8(6-11)7-14-10(13)12-9-4-2-3-5-9/h8-9H,2-7H2,1H3,(H,12,13). The van der Waals surface area contributed by atoms with Crippen LogP contribution in [0.3, 0.4) is 0 Å². The largest absolute Gasteiger partial charge is 0.449 e. The molecule has 0 saturated heterocycles. The fourth-order valence-corrected chi connectivity index (χ4v) is 1.73. The highest BCUT2D eigenvalue weighted by atomic mass is 79.9. The van der Waals surface area contributed by atoms with Gasteiger partial charge in [-0.25, -0.2) is 4.79 Å². The molecule has 0 bridgehead atoms. The van der Waals surface area contributed by atoms with Crippen LogP contribution in [0.2, 0.25) is 0 Å². The Bertz CT molecular complexity index is 181. The Morgan fingerprint density at radius 2 is 2.21 bits per heavy atom. The molecule has 1 aliphatic carbocycles. The van der Waals surface area contributed by atoms with Crippen molar-refractivity contribution in [1.29, 1.82) is 0 Å². The Balaban J connectivity index is 2.09. The lowest BCUT2D eigenvalue weighted by molar-refractivity contribution is 0.130. The first-order valence-electron chi connectivity index (χ1n) is 5.21. The number of halogens is 1. The van der Waals surface area contributed by atoms with Gasteiger partial charge in [0.05, 0.1) is 6.61 Å². The number of alkyl carbamates (subject to hydrolysis) is 1. The summed E-state index contributed by atoms with van der Waals surface area (Å²) in [5.41, 5.74) is 0. The number of hydrogen-bond donors (Lipinski definition) is 1. The number of ether oxygens (including phenoxy) is 1. The zero-order valence-electron chi connectivity index (χ0n) is 8.59. The molecule has 14 heavy (non-hydrogen) atoms. The maximum Gasteiger partial charge on any atom is 0.407 e. The maximum absolute atomic E-state index is 11.3. The van der Waals surface area contributed by atoms with Crippen LogP contribution in [-0.4, -0.2) is 24.1 Å². The summed E-state index contributed by atoms with van der Waals surface area (Å²) >= 11 is 3.34. The molecule has 0 aliphatic heterocycles. The number of alkyl halides is 1. The van der Waals surface area contributed by atoms with Crippen LogP contribution in [0.5, 0.6) is 0 Å². The van der Waals surface area contributed by atoms with E-state index in [-0.39, 0.29) is 6.09 Å². The summed E-state index contributed by atoms with van der Waals surface area (Å²) in [6.07, 6.45) is 4.39. The maximum atomic E-state index is 11.3. The van der Waals surface area contributed by atoms with E-state index in [9.17, 15) is 4.79 Å². The molecule has 0 spiro atoms. The molecule has 82 valence electrons. The minimum Gasteiger partial charge on any atom is -0.449 e. The van der Waals surface area contributed by atoms with Crippen LogP contribution in [0.15, 0.2) is 0 Å². The highest BCUT2D eigenvalue weighted by molar-refractivity contribution is 9.09. The molecule has 0 aromatic heterocycles. The molecule has 0 radical (unpaired) electrons. The molecule has 1 aliphatic rings. The Kier molecular flexibility index (Phi) is 5.30. The summed E-state index contributed by atoms with van der Waals surface area (Å²) in [5.74, 6) is 0.379. The summed E-state index contributed by atoms with van der Waals surface area (Å²) < 4.78 is 5.08. The minimum atomic E-state index is -0.260. The number of carbonyl (C=O) groups excluding carboxylic acids is 1. The van der Waals surface area contributed by atoms with Crippen molar-refractivity contribution in [2.24, 2.45) is 5.92 Å². The fraction of sp³-hybridized carbons (Fsp3) is 0.900. The molecular formula is C10H18BrNO2. The van der Waals surface area contributed by atoms with E-state index in [0.717, 1.165) is 18.2 Å².